The number of hydrogen-bond acceptors (Lipinski definition) is 5. The van der Waals surface area contributed by atoms with Crippen molar-refractivity contribution in [1.29, 1.82) is 0 Å². The van der Waals surface area contributed by atoms with Crippen molar-refractivity contribution < 1.29 is 9.53 Å². The number of hydrogen-bond donors (Lipinski definition) is 0. The number of rotatable bonds is 6. The maximum Gasteiger partial charge on any atom is 0.256 e. The van der Waals surface area contributed by atoms with Gasteiger partial charge in [-0.1, -0.05) is 29.4 Å². The monoisotopic (exact) mass is 337 g/mol. The summed E-state index contributed by atoms with van der Waals surface area (Å²) in [6.07, 6.45) is 4.96. The van der Waals surface area contributed by atoms with Gasteiger partial charge in [-0.3, -0.25) is 4.79 Å². The van der Waals surface area contributed by atoms with E-state index in [0.29, 0.717) is 34.6 Å². The lowest BCUT2D eigenvalue weighted by Crippen LogP contribution is -2.31. The molecule has 0 spiro atoms. The highest BCUT2D eigenvalue weighted by Gasteiger charge is 2.12. The van der Waals surface area contributed by atoms with Crippen LogP contribution >= 0.6 is 23.4 Å². The molecule has 2 aromatic rings. The van der Waals surface area contributed by atoms with E-state index in [2.05, 4.69) is 9.97 Å². The maximum absolute atomic E-state index is 12.2. The molecule has 0 saturated heterocycles. The van der Waals surface area contributed by atoms with Crippen LogP contribution in [0, 0.1) is 0 Å². The van der Waals surface area contributed by atoms with Crippen LogP contribution in [0.15, 0.2) is 41.8 Å². The number of benzene rings is 1. The molecule has 0 radical (unpaired) electrons. The molecule has 0 saturated carbocycles. The van der Waals surface area contributed by atoms with Gasteiger partial charge in [-0.2, -0.15) is 0 Å². The number of likely N-dealkylation sites (N-methyl/N-ethyl adjacent to an activating group) is 1. The number of thioether (sulfide) groups is 1. The van der Waals surface area contributed by atoms with Gasteiger partial charge in [0.05, 0.1) is 12.1 Å². The average Bonchev–Trinajstić information content (AvgIpc) is 2.54. The third-order valence-corrected chi connectivity index (χ3v) is 3.71. The average molecular weight is 338 g/mol. The quantitative estimate of drug-likeness (QED) is 0.599. The molecular formula is C15H16ClN3O2S. The maximum atomic E-state index is 12.2. The zero-order valence-corrected chi connectivity index (χ0v) is 13.9. The number of aromatic nitrogens is 2. The van der Waals surface area contributed by atoms with Crippen molar-refractivity contribution in [2.24, 2.45) is 0 Å². The number of carbonyl (C=O) groups excluding carboxylic acids is 1. The van der Waals surface area contributed by atoms with E-state index in [1.165, 1.54) is 24.2 Å². The number of nitrogens with zero attached hydrogens (tertiary/aromatic N) is 3. The lowest BCUT2D eigenvalue weighted by Gasteiger charge is -2.17. The molecule has 116 valence electrons. The molecule has 1 aromatic carbocycles. The molecule has 7 heteroatoms. The summed E-state index contributed by atoms with van der Waals surface area (Å²) >= 11 is 7.31. The molecular weight excluding hydrogens is 322 g/mol. The van der Waals surface area contributed by atoms with E-state index >= 15 is 0 Å². The molecule has 0 unspecified atom stereocenters. The highest BCUT2D eigenvalue weighted by molar-refractivity contribution is 7.98. The molecule has 0 aliphatic heterocycles. The summed E-state index contributed by atoms with van der Waals surface area (Å²) in [7, 11) is 1.71. The van der Waals surface area contributed by atoms with Crippen molar-refractivity contribution in [3.63, 3.8) is 0 Å². The van der Waals surface area contributed by atoms with Crippen LogP contribution in [0.1, 0.15) is 10.4 Å². The molecule has 0 aliphatic rings. The fourth-order valence-electron chi connectivity index (χ4n) is 1.71. The Bertz CT molecular complexity index is 637. The van der Waals surface area contributed by atoms with Crippen molar-refractivity contribution in [2.75, 3.05) is 26.5 Å². The van der Waals surface area contributed by atoms with Crippen LogP contribution < -0.4 is 4.74 Å². The van der Waals surface area contributed by atoms with Gasteiger partial charge < -0.3 is 9.64 Å². The SMILES string of the molecule is CSc1ncc(C(=O)N(C)CCOc2cccc(Cl)c2)cn1. The highest BCUT2D eigenvalue weighted by atomic mass is 35.5. The molecule has 1 heterocycles. The summed E-state index contributed by atoms with van der Waals surface area (Å²) in [6.45, 7) is 0.835. The predicted octanol–water partition coefficient (Wildman–Crippen LogP) is 3.00. The second-order valence-corrected chi connectivity index (χ2v) is 5.70. The lowest BCUT2D eigenvalue weighted by molar-refractivity contribution is 0.0772. The normalized spacial score (nSPS) is 10.3. The van der Waals surface area contributed by atoms with Gasteiger partial charge in [-0.25, -0.2) is 9.97 Å². The van der Waals surface area contributed by atoms with Crippen molar-refractivity contribution >= 4 is 29.3 Å². The molecule has 0 atom stereocenters. The van der Waals surface area contributed by atoms with Crippen molar-refractivity contribution in [1.82, 2.24) is 14.9 Å². The first-order valence-corrected chi connectivity index (χ1v) is 8.20. The van der Waals surface area contributed by atoms with E-state index in [0.717, 1.165) is 0 Å². The zero-order chi connectivity index (χ0) is 15.9. The summed E-state index contributed by atoms with van der Waals surface area (Å²) in [6, 6.07) is 7.15. The number of amides is 1. The zero-order valence-electron chi connectivity index (χ0n) is 12.3. The Morgan fingerprint density at radius 2 is 2.09 bits per heavy atom. The second kappa shape index (κ2) is 8.00. The third-order valence-electron chi connectivity index (χ3n) is 2.90. The van der Waals surface area contributed by atoms with Gasteiger partial charge in [0.1, 0.15) is 12.4 Å². The third kappa shape index (κ3) is 4.61. The van der Waals surface area contributed by atoms with E-state index in [4.69, 9.17) is 16.3 Å². The Morgan fingerprint density at radius 1 is 1.36 bits per heavy atom. The topological polar surface area (TPSA) is 55.3 Å². The minimum atomic E-state index is -0.137. The fourth-order valence-corrected chi connectivity index (χ4v) is 2.21. The first-order chi connectivity index (χ1) is 10.6. The number of ether oxygens (including phenoxy) is 1. The molecule has 1 amide bonds. The van der Waals surface area contributed by atoms with E-state index in [1.54, 1.807) is 24.1 Å². The summed E-state index contributed by atoms with van der Waals surface area (Å²) < 4.78 is 5.57. The van der Waals surface area contributed by atoms with E-state index < -0.39 is 0 Å². The van der Waals surface area contributed by atoms with Crippen molar-refractivity contribution in [2.45, 2.75) is 5.16 Å². The molecule has 0 bridgehead atoms. The van der Waals surface area contributed by atoms with Crippen LogP contribution in [0.2, 0.25) is 5.02 Å². The smallest absolute Gasteiger partial charge is 0.256 e. The minimum Gasteiger partial charge on any atom is -0.492 e. The molecule has 0 N–H and O–H groups in total. The highest BCUT2D eigenvalue weighted by Crippen LogP contribution is 2.17. The Kier molecular flexibility index (Phi) is 6.03. The first-order valence-electron chi connectivity index (χ1n) is 6.60. The van der Waals surface area contributed by atoms with Gasteiger partial charge in [-0.15, -0.1) is 0 Å². The summed E-state index contributed by atoms with van der Waals surface area (Å²) in [5, 5.41) is 1.26. The van der Waals surface area contributed by atoms with Crippen LogP contribution in [0.25, 0.3) is 0 Å². The van der Waals surface area contributed by atoms with Gasteiger partial charge in [0.25, 0.3) is 5.91 Å². The Hall–Kier alpha value is -1.79. The molecule has 1 aromatic heterocycles. The van der Waals surface area contributed by atoms with Crippen LogP contribution in [0.4, 0.5) is 0 Å². The van der Waals surface area contributed by atoms with Crippen LogP contribution in [-0.4, -0.2) is 47.2 Å². The lowest BCUT2D eigenvalue weighted by atomic mass is 10.3. The molecule has 22 heavy (non-hydrogen) atoms. The van der Waals surface area contributed by atoms with Crippen LogP contribution in [0.5, 0.6) is 5.75 Å². The van der Waals surface area contributed by atoms with Crippen LogP contribution in [-0.2, 0) is 0 Å². The van der Waals surface area contributed by atoms with Crippen molar-refractivity contribution in [3.05, 3.63) is 47.2 Å². The van der Waals surface area contributed by atoms with Gasteiger partial charge in [0.15, 0.2) is 5.16 Å². The molecule has 2 rings (SSSR count). The fraction of sp³-hybridized carbons (Fsp3) is 0.267. The Morgan fingerprint density at radius 3 is 2.73 bits per heavy atom. The molecule has 5 nitrogen and oxygen atoms in total. The Balaban J connectivity index is 1.85. The second-order valence-electron chi connectivity index (χ2n) is 4.49. The van der Waals surface area contributed by atoms with E-state index in [1.807, 2.05) is 18.4 Å². The standard InChI is InChI=1S/C15H16ClN3O2S/c1-19(6-7-21-13-5-3-4-12(16)8-13)14(20)11-9-17-15(22-2)18-10-11/h3-5,8-10H,6-7H2,1-2H3. The minimum absolute atomic E-state index is 0.137. The van der Waals surface area contributed by atoms with Gasteiger partial charge in [-0.05, 0) is 24.5 Å². The van der Waals surface area contributed by atoms with Crippen molar-refractivity contribution in [3.8, 4) is 5.75 Å². The van der Waals surface area contributed by atoms with Gasteiger partial charge in [0, 0.05) is 24.5 Å². The largest absolute Gasteiger partial charge is 0.492 e. The van der Waals surface area contributed by atoms with E-state index in [9.17, 15) is 4.79 Å². The predicted molar refractivity (Wildman–Crippen MR) is 87.7 cm³/mol. The molecule has 0 aliphatic carbocycles. The molecule has 0 fully saturated rings. The Labute approximate surface area is 138 Å². The van der Waals surface area contributed by atoms with Crippen LogP contribution in [0.3, 0.4) is 0 Å². The summed E-state index contributed by atoms with van der Waals surface area (Å²) in [5.41, 5.74) is 0.461. The summed E-state index contributed by atoms with van der Waals surface area (Å²) in [4.78, 5) is 22.0. The first kappa shape index (κ1) is 16.6. The van der Waals surface area contributed by atoms with Gasteiger partial charge >= 0.3 is 0 Å². The van der Waals surface area contributed by atoms with E-state index in [-0.39, 0.29) is 5.91 Å². The van der Waals surface area contributed by atoms with Gasteiger partial charge in [0.2, 0.25) is 0 Å². The number of carbonyl (C=O) groups is 1. The number of halogens is 1. The summed E-state index contributed by atoms with van der Waals surface area (Å²) in [5.74, 6) is 0.545.